The van der Waals surface area contributed by atoms with Crippen molar-refractivity contribution in [2.24, 2.45) is 0 Å². The summed E-state index contributed by atoms with van der Waals surface area (Å²) in [7, 11) is 0. The van der Waals surface area contributed by atoms with Gasteiger partial charge in [-0.15, -0.1) is 0 Å². The second kappa shape index (κ2) is 16.0. The number of benzene rings is 11. The van der Waals surface area contributed by atoms with Gasteiger partial charge in [0.1, 0.15) is 5.69 Å². The maximum atomic E-state index is 5.76. The van der Waals surface area contributed by atoms with Gasteiger partial charge in [0.15, 0.2) is 5.82 Å². The molecule has 3 nitrogen and oxygen atoms in total. The number of aromatic nitrogens is 3. The lowest BCUT2D eigenvalue weighted by atomic mass is 9.92. The third kappa shape index (κ3) is 6.84. The molecule has 0 radical (unpaired) electrons. The van der Waals surface area contributed by atoms with E-state index >= 15 is 0 Å². The van der Waals surface area contributed by atoms with Gasteiger partial charge >= 0.3 is 0 Å². The zero-order valence-corrected chi connectivity index (χ0v) is 36.5. The van der Waals surface area contributed by atoms with Gasteiger partial charge in [0, 0.05) is 16.3 Å². The van der Waals surface area contributed by atoms with Gasteiger partial charge in [-0.2, -0.15) is 0 Å². The maximum absolute atomic E-state index is 5.76. The molecule has 0 amide bonds. The maximum Gasteiger partial charge on any atom is 0.165 e. The zero-order chi connectivity index (χ0) is 44.3. The molecule has 13 rings (SSSR count). The molecule has 3 heteroatoms. The van der Waals surface area contributed by atoms with Crippen molar-refractivity contribution in [1.82, 2.24) is 14.5 Å². The molecule has 67 heavy (non-hydrogen) atoms. The van der Waals surface area contributed by atoms with Crippen molar-refractivity contribution in [2.75, 3.05) is 0 Å². The minimum Gasteiger partial charge on any atom is -0.292 e. The van der Waals surface area contributed by atoms with Gasteiger partial charge in [-0.3, -0.25) is 4.57 Å². The Kier molecular flexibility index (Phi) is 9.17. The molecule has 0 fully saturated rings. The molecule has 0 saturated heterocycles. The van der Waals surface area contributed by atoms with E-state index in [9.17, 15) is 0 Å². The van der Waals surface area contributed by atoms with Crippen LogP contribution in [0.1, 0.15) is 0 Å². The van der Waals surface area contributed by atoms with Gasteiger partial charge in [0.05, 0.1) is 22.1 Å². The van der Waals surface area contributed by atoms with E-state index in [0.29, 0.717) is 0 Å². The van der Waals surface area contributed by atoms with E-state index in [1.165, 1.54) is 49.2 Å². The number of hydrogen-bond acceptors (Lipinski definition) is 2. The zero-order valence-electron chi connectivity index (χ0n) is 36.5. The van der Waals surface area contributed by atoms with Crippen molar-refractivity contribution in [3.8, 4) is 72.7 Å². The fraction of sp³-hybridized carbons (Fsp3) is 0. The van der Waals surface area contributed by atoms with Crippen LogP contribution in [-0.2, 0) is 0 Å². The van der Waals surface area contributed by atoms with Crippen LogP contribution >= 0.6 is 0 Å². The minimum atomic E-state index is 0.784. The number of rotatable bonds is 7. The lowest BCUT2D eigenvalue weighted by Gasteiger charge is -2.17. The monoisotopic (exact) mass is 851 g/mol. The fourth-order valence-electron chi connectivity index (χ4n) is 9.95. The van der Waals surface area contributed by atoms with Crippen molar-refractivity contribution in [1.29, 1.82) is 0 Å². The first-order chi connectivity index (χ1) is 33.2. The Balaban J connectivity index is 1.07. The summed E-state index contributed by atoms with van der Waals surface area (Å²) in [4.78, 5) is 11.4. The highest BCUT2D eigenvalue weighted by Gasteiger charge is 2.22. The van der Waals surface area contributed by atoms with E-state index in [-0.39, 0.29) is 0 Å². The molecular weight excluding hydrogens is 811 g/mol. The number of nitrogens with zero attached hydrogens (tertiary/aromatic N) is 3. The molecule has 13 aromatic rings. The summed E-state index contributed by atoms with van der Waals surface area (Å²) < 4.78 is 2.35. The number of fused-ring (bicyclic) bond motifs is 6. The van der Waals surface area contributed by atoms with E-state index in [4.69, 9.17) is 9.97 Å². The van der Waals surface area contributed by atoms with Gasteiger partial charge in [0.25, 0.3) is 0 Å². The van der Waals surface area contributed by atoms with Gasteiger partial charge in [-0.05, 0) is 120 Å². The van der Waals surface area contributed by atoms with Gasteiger partial charge in [0.2, 0.25) is 0 Å². The molecule has 0 aliphatic rings. The summed E-state index contributed by atoms with van der Waals surface area (Å²) in [5.74, 6) is 0.784. The Hall–Kier alpha value is -8.92. The van der Waals surface area contributed by atoms with E-state index in [0.717, 1.165) is 77.9 Å². The van der Waals surface area contributed by atoms with Crippen LogP contribution in [0.3, 0.4) is 0 Å². The van der Waals surface area contributed by atoms with Crippen molar-refractivity contribution >= 4 is 54.4 Å². The molecule has 0 spiro atoms. The van der Waals surface area contributed by atoms with E-state index in [2.05, 4.69) is 253 Å². The van der Waals surface area contributed by atoms with E-state index < -0.39 is 0 Å². The van der Waals surface area contributed by atoms with Crippen LogP contribution in [0.25, 0.3) is 127 Å². The minimum absolute atomic E-state index is 0.784. The first-order valence-electron chi connectivity index (χ1n) is 22.9. The van der Waals surface area contributed by atoms with Gasteiger partial charge in [-0.25, -0.2) is 9.97 Å². The standard InChI is InChI=1S/C64H41N3/c1-4-14-42(15-5-1)45-24-26-47(27-25-45)53-34-35-61-57(38-53)58-37-51-22-12-13-23-52(51)39-62(58)67(61)64-63(49-31-28-46(29-32-49)43-16-6-2-7-17-43)65-59-40-55(48-19-8-3-9-20-48)56(41-60(59)66-64)54-33-30-44-18-10-11-21-50(44)36-54/h1-41H. The van der Waals surface area contributed by atoms with Crippen LogP contribution in [-0.4, -0.2) is 14.5 Å². The SMILES string of the molecule is c1ccc(-c2ccc(-c3ccc4c(c3)c3cc5ccccc5cc3n4-c3nc4cc(-c5ccc6ccccc6c5)c(-c5ccccc5)cc4nc3-c3ccc(-c4ccccc4)cc3)cc2)cc1. The first-order valence-corrected chi connectivity index (χ1v) is 22.9. The predicted octanol–water partition coefficient (Wildman–Crippen LogP) is 17.0. The topological polar surface area (TPSA) is 30.7 Å². The smallest absolute Gasteiger partial charge is 0.165 e. The van der Waals surface area contributed by atoms with E-state index in [1.54, 1.807) is 0 Å². The van der Waals surface area contributed by atoms with E-state index in [1.807, 2.05) is 0 Å². The summed E-state index contributed by atoms with van der Waals surface area (Å²) in [6, 6.07) is 89.5. The molecule has 0 saturated carbocycles. The first kappa shape index (κ1) is 38.5. The Morgan fingerprint density at radius 2 is 0.687 bits per heavy atom. The third-order valence-electron chi connectivity index (χ3n) is 13.4. The summed E-state index contributed by atoms with van der Waals surface area (Å²) in [5, 5.41) is 7.11. The van der Waals surface area contributed by atoms with Gasteiger partial charge in [-0.1, -0.05) is 206 Å². The second-order valence-electron chi connectivity index (χ2n) is 17.4. The third-order valence-corrected chi connectivity index (χ3v) is 13.4. The molecule has 2 heterocycles. The summed E-state index contributed by atoms with van der Waals surface area (Å²) >= 11 is 0. The molecule has 312 valence electrons. The van der Waals surface area contributed by atoms with Crippen molar-refractivity contribution < 1.29 is 0 Å². The van der Waals surface area contributed by atoms with Crippen LogP contribution in [0.2, 0.25) is 0 Å². The van der Waals surface area contributed by atoms with Crippen LogP contribution in [0, 0.1) is 0 Å². The Morgan fingerprint density at radius 1 is 0.254 bits per heavy atom. The average Bonchev–Trinajstić information content (AvgIpc) is 3.72. The Labute approximate surface area is 388 Å². The molecule has 0 aliphatic heterocycles. The molecule has 2 aromatic heterocycles. The van der Waals surface area contributed by atoms with Crippen LogP contribution in [0.15, 0.2) is 249 Å². The van der Waals surface area contributed by atoms with Crippen LogP contribution < -0.4 is 0 Å². The second-order valence-corrected chi connectivity index (χ2v) is 17.4. The van der Waals surface area contributed by atoms with Crippen molar-refractivity contribution in [2.45, 2.75) is 0 Å². The Bertz CT molecular complexity index is 3990. The molecular formula is C64H41N3. The number of hydrogen-bond donors (Lipinski definition) is 0. The predicted molar refractivity (Wildman–Crippen MR) is 282 cm³/mol. The molecule has 0 bridgehead atoms. The van der Waals surface area contributed by atoms with Crippen molar-refractivity contribution in [3.05, 3.63) is 249 Å². The molecule has 0 aliphatic carbocycles. The fourth-order valence-corrected chi connectivity index (χ4v) is 9.95. The summed E-state index contributed by atoms with van der Waals surface area (Å²) in [5.41, 5.74) is 17.2. The average molecular weight is 852 g/mol. The molecule has 11 aromatic carbocycles. The quantitative estimate of drug-likeness (QED) is 0.160. The molecule has 0 atom stereocenters. The Morgan fingerprint density at radius 3 is 1.31 bits per heavy atom. The lowest BCUT2D eigenvalue weighted by Crippen LogP contribution is -2.04. The molecule has 0 N–H and O–H groups in total. The molecule has 0 unspecified atom stereocenters. The van der Waals surface area contributed by atoms with Crippen molar-refractivity contribution in [3.63, 3.8) is 0 Å². The summed E-state index contributed by atoms with van der Waals surface area (Å²) in [6.07, 6.45) is 0. The summed E-state index contributed by atoms with van der Waals surface area (Å²) in [6.45, 7) is 0. The highest BCUT2D eigenvalue weighted by Crippen LogP contribution is 2.42. The highest BCUT2D eigenvalue weighted by molar-refractivity contribution is 6.15. The van der Waals surface area contributed by atoms with Gasteiger partial charge < -0.3 is 0 Å². The van der Waals surface area contributed by atoms with Crippen LogP contribution in [0.4, 0.5) is 0 Å². The lowest BCUT2D eigenvalue weighted by molar-refractivity contribution is 1.08. The van der Waals surface area contributed by atoms with Crippen LogP contribution in [0.5, 0.6) is 0 Å². The largest absolute Gasteiger partial charge is 0.292 e. The highest BCUT2D eigenvalue weighted by atomic mass is 15.1. The normalized spacial score (nSPS) is 11.6.